The van der Waals surface area contributed by atoms with Crippen LogP contribution in [0.5, 0.6) is 11.5 Å². The molecule has 0 spiro atoms. The van der Waals surface area contributed by atoms with Crippen LogP contribution in [-0.2, 0) is 30.4 Å². The first-order valence-electron chi connectivity index (χ1n) is 22.0. The Morgan fingerprint density at radius 3 is 2.12 bits per heavy atom. The minimum absolute atomic E-state index is 0.00541. The van der Waals surface area contributed by atoms with Crippen molar-refractivity contribution in [2.75, 3.05) is 40.0 Å². The summed E-state index contributed by atoms with van der Waals surface area (Å²) in [6.07, 6.45) is 1.06. The zero-order valence-corrected chi connectivity index (χ0v) is 38.2. The molecule has 0 aromatic heterocycles. The Hall–Kier alpha value is -5.93. The van der Waals surface area contributed by atoms with E-state index >= 15 is 0 Å². The van der Waals surface area contributed by atoms with Gasteiger partial charge in [-0.3, -0.25) is 28.8 Å². The van der Waals surface area contributed by atoms with Gasteiger partial charge in [0.25, 0.3) is 0 Å². The number of aliphatic hydroxyl groups excluding tert-OH is 1. The van der Waals surface area contributed by atoms with Crippen molar-refractivity contribution < 1.29 is 43.3 Å². The van der Waals surface area contributed by atoms with E-state index in [0.29, 0.717) is 70.1 Å². The second kappa shape index (κ2) is 23.8. The minimum Gasteiger partial charge on any atom is -0.492 e. The van der Waals surface area contributed by atoms with Gasteiger partial charge in [0, 0.05) is 66.4 Å². The monoisotopic (exact) mass is 909 g/mol. The topological polar surface area (TPSA) is 220 Å². The lowest BCUT2D eigenvalue weighted by molar-refractivity contribution is -0.142. The Labute approximate surface area is 385 Å². The molecule has 5 atom stereocenters. The zero-order valence-electron chi connectivity index (χ0n) is 37.4. The van der Waals surface area contributed by atoms with Gasteiger partial charge >= 0.3 is 0 Å². The molecule has 65 heavy (non-hydrogen) atoms. The van der Waals surface area contributed by atoms with E-state index in [9.17, 15) is 33.9 Å². The number of carbonyl (C=O) groups excluding carboxylic acids is 6. The van der Waals surface area contributed by atoms with Gasteiger partial charge in [0.2, 0.25) is 17.7 Å². The molecule has 4 bridgehead atoms. The molecule has 0 radical (unpaired) electrons. The number of aliphatic hydroxyl groups is 1. The van der Waals surface area contributed by atoms with Gasteiger partial charge in [0.1, 0.15) is 36.8 Å². The SMILES string of the molecule is CC(=O)[C@H](C)NC(=O)[C@@H]1Cc2ccc(OCCO)c(c2)-c2cc(ccc2OCCN)C(N(C)C(=O)[C@H](CCCCN)CC(=O)c2ccc(-c3ccc(Cl)cc3)cc2)C(=O)C[C@@H](C)C(=O)N1. The van der Waals surface area contributed by atoms with Gasteiger partial charge in [-0.05, 0) is 91.9 Å². The lowest BCUT2D eigenvalue weighted by Crippen LogP contribution is -2.52. The maximum atomic E-state index is 14.9. The van der Waals surface area contributed by atoms with E-state index in [1.165, 1.54) is 18.9 Å². The average molecular weight is 911 g/mol. The number of fused-ring (bicyclic) bond motifs is 5. The molecule has 1 aliphatic rings. The van der Waals surface area contributed by atoms with Gasteiger partial charge in [0.15, 0.2) is 17.3 Å². The van der Waals surface area contributed by atoms with Crippen LogP contribution in [0.3, 0.4) is 0 Å². The second-order valence-electron chi connectivity index (χ2n) is 16.5. The van der Waals surface area contributed by atoms with Crippen molar-refractivity contribution in [3.05, 3.63) is 107 Å². The fourth-order valence-corrected chi connectivity index (χ4v) is 7.95. The van der Waals surface area contributed by atoms with E-state index in [-0.39, 0.29) is 57.2 Å². The molecule has 4 aromatic carbocycles. The predicted octanol–water partition coefficient (Wildman–Crippen LogP) is 5.63. The van der Waals surface area contributed by atoms with Gasteiger partial charge in [-0.2, -0.15) is 0 Å². The maximum absolute atomic E-state index is 14.9. The number of rotatable bonds is 19. The van der Waals surface area contributed by atoms with Crippen molar-refractivity contribution in [3.8, 4) is 33.8 Å². The molecule has 5 rings (SSSR count). The Morgan fingerprint density at radius 1 is 0.862 bits per heavy atom. The number of Topliss-reactive ketones (excluding diaryl/α,β-unsaturated/α-hetero) is 3. The Kier molecular flexibility index (Phi) is 18.4. The number of unbranched alkanes of at least 4 members (excludes halogenated alkanes) is 1. The van der Waals surface area contributed by atoms with E-state index in [4.69, 9.17) is 32.5 Å². The second-order valence-corrected chi connectivity index (χ2v) is 17.0. The first-order valence-corrected chi connectivity index (χ1v) is 22.4. The van der Waals surface area contributed by atoms with Gasteiger partial charge < -0.3 is 41.6 Å². The van der Waals surface area contributed by atoms with E-state index in [1.54, 1.807) is 74.5 Å². The van der Waals surface area contributed by atoms with E-state index < -0.39 is 53.5 Å². The summed E-state index contributed by atoms with van der Waals surface area (Å²) in [6, 6.07) is 21.5. The van der Waals surface area contributed by atoms with Crippen LogP contribution in [0, 0.1) is 11.8 Å². The number of hydrogen-bond donors (Lipinski definition) is 5. The fourth-order valence-electron chi connectivity index (χ4n) is 7.82. The highest BCUT2D eigenvalue weighted by Gasteiger charge is 2.36. The molecule has 3 amide bonds. The van der Waals surface area contributed by atoms with Crippen molar-refractivity contribution in [1.29, 1.82) is 0 Å². The summed E-state index contributed by atoms with van der Waals surface area (Å²) in [6.45, 7) is 4.85. The Bertz CT molecular complexity index is 2320. The van der Waals surface area contributed by atoms with Crippen molar-refractivity contribution in [2.45, 2.75) is 77.4 Å². The quantitative estimate of drug-likeness (QED) is 0.0573. The summed E-state index contributed by atoms with van der Waals surface area (Å²) in [4.78, 5) is 84.7. The molecule has 15 heteroatoms. The molecule has 0 saturated heterocycles. The molecule has 1 aliphatic heterocycles. The number of likely N-dealkylation sites (N-methyl/N-ethyl adjacent to an activating group) is 1. The number of nitrogens with one attached hydrogen (secondary N) is 2. The highest BCUT2D eigenvalue weighted by Crippen LogP contribution is 2.41. The first kappa shape index (κ1) is 50.1. The molecule has 1 heterocycles. The van der Waals surface area contributed by atoms with Gasteiger partial charge in [-0.1, -0.05) is 73.5 Å². The molecule has 1 unspecified atom stereocenters. The number of nitrogens with two attached hydrogens (primary N) is 2. The molecular weight excluding hydrogens is 850 g/mol. The number of hydrogen-bond acceptors (Lipinski definition) is 11. The Morgan fingerprint density at radius 2 is 1.49 bits per heavy atom. The molecule has 0 saturated carbocycles. The fraction of sp³-hybridized carbons (Fsp3) is 0.400. The maximum Gasteiger partial charge on any atom is 0.243 e. The largest absolute Gasteiger partial charge is 0.492 e. The molecule has 346 valence electrons. The van der Waals surface area contributed by atoms with Gasteiger partial charge in [0.05, 0.1) is 12.6 Å². The summed E-state index contributed by atoms with van der Waals surface area (Å²) >= 11 is 6.08. The normalized spacial score (nSPS) is 17.2. The van der Waals surface area contributed by atoms with E-state index in [1.807, 2.05) is 24.3 Å². The third-order valence-corrected chi connectivity index (χ3v) is 11.8. The number of carbonyl (C=O) groups is 6. The predicted molar refractivity (Wildman–Crippen MR) is 249 cm³/mol. The third kappa shape index (κ3) is 13.3. The first-order chi connectivity index (χ1) is 31.1. The lowest BCUT2D eigenvalue weighted by Gasteiger charge is -2.32. The van der Waals surface area contributed by atoms with Crippen molar-refractivity contribution >= 4 is 46.7 Å². The number of benzene rings is 4. The molecule has 7 N–H and O–H groups in total. The number of ketones is 3. The molecule has 0 fully saturated rings. The lowest BCUT2D eigenvalue weighted by atomic mass is 9.88. The van der Waals surface area contributed by atoms with Crippen molar-refractivity contribution in [1.82, 2.24) is 15.5 Å². The standard InChI is InChI=1S/C50H60ClN5O9/c1-30-25-44(60)47(56(4)50(63)38(7-5-6-20-52)29-43(59)36-11-9-34(10-12-36)35-13-16-39(51)17-14-35)37-15-19-46(64-23-21-53)41(28-37)40-26-33(8-18-45(40)65-24-22-57)27-42(55-48(30)61)49(62)54-31(2)32(3)58/h8-19,26,28,30-31,38,42,47,57H,5-7,20-25,27,29,52-53H2,1-4H3,(H,54,62)(H,55,61)/t30-,31+,38-,42+,47?/m1/s1. The average Bonchev–Trinajstić information content (AvgIpc) is 3.29. The van der Waals surface area contributed by atoms with Crippen LogP contribution in [-0.4, -0.2) is 97.1 Å². The van der Waals surface area contributed by atoms with Gasteiger partial charge in [-0.15, -0.1) is 0 Å². The third-order valence-electron chi connectivity index (χ3n) is 11.6. The molecule has 4 aromatic rings. The van der Waals surface area contributed by atoms with E-state index in [2.05, 4.69) is 10.6 Å². The zero-order chi connectivity index (χ0) is 47.2. The molecular formula is C50H60ClN5O9. The summed E-state index contributed by atoms with van der Waals surface area (Å²) in [5.41, 5.74) is 15.9. The molecule has 14 nitrogen and oxygen atoms in total. The smallest absolute Gasteiger partial charge is 0.243 e. The summed E-state index contributed by atoms with van der Waals surface area (Å²) in [7, 11) is 1.52. The molecule has 0 aliphatic carbocycles. The van der Waals surface area contributed by atoms with Crippen LogP contribution in [0.2, 0.25) is 5.02 Å². The number of ether oxygens (including phenoxy) is 2. The van der Waals surface area contributed by atoms with Crippen LogP contribution in [0.25, 0.3) is 22.3 Å². The van der Waals surface area contributed by atoms with Gasteiger partial charge in [-0.25, -0.2) is 0 Å². The summed E-state index contributed by atoms with van der Waals surface area (Å²) < 4.78 is 12.1. The highest BCUT2D eigenvalue weighted by atomic mass is 35.5. The van der Waals surface area contributed by atoms with Crippen molar-refractivity contribution in [3.63, 3.8) is 0 Å². The summed E-state index contributed by atoms with van der Waals surface area (Å²) in [5, 5.41) is 15.8. The minimum atomic E-state index is -1.24. The number of nitrogens with zero attached hydrogens (tertiary/aromatic N) is 1. The Balaban J connectivity index is 1.59. The number of amides is 3. The summed E-state index contributed by atoms with van der Waals surface area (Å²) in [5.74, 6) is -3.66. The van der Waals surface area contributed by atoms with Crippen LogP contribution in [0.1, 0.15) is 80.4 Å². The van der Waals surface area contributed by atoms with Crippen LogP contribution in [0.15, 0.2) is 84.9 Å². The van der Waals surface area contributed by atoms with Crippen LogP contribution in [0.4, 0.5) is 0 Å². The van der Waals surface area contributed by atoms with Crippen LogP contribution < -0.4 is 31.6 Å². The van der Waals surface area contributed by atoms with Crippen LogP contribution >= 0.6 is 11.6 Å². The number of halogens is 1. The van der Waals surface area contributed by atoms with E-state index in [0.717, 1.165) is 11.1 Å². The van der Waals surface area contributed by atoms with Crippen molar-refractivity contribution in [2.24, 2.45) is 23.3 Å². The highest BCUT2D eigenvalue weighted by molar-refractivity contribution is 6.30.